The van der Waals surface area contributed by atoms with E-state index < -0.39 is 11.7 Å². The van der Waals surface area contributed by atoms with Crippen LogP contribution in [0.15, 0.2) is 36.5 Å². The first kappa shape index (κ1) is 14.9. The Hall–Kier alpha value is -1.46. The maximum Gasteiger partial charge on any atom is 0.416 e. The molecule has 0 aliphatic carbocycles. The van der Waals surface area contributed by atoms with Crippen LogP contribution in [0.4, 0.5) is 19.0 Å². The van der Waals surface area contributed by atoms with Crippen molar-refractivity contribution in [2.45, 2.75) is 12.7 Å². The van der Waals surface area contributed by atoms with Crippen molar-refractivity contribution in [2.24, 2.45) is 0 Å². The number of alkyl halides is 3. The van der Waals surface area contributed by atoms with Crippen molar-refractivity contribution >= 4 is 29.0 Å². The van der Waals surface area contributed by atoms with E-state index in [1.807, 2.05) is 0 Å². The van der Waals surface area contributed by atoms with Crippen molar-refractivity contribution in [3.05, 3.63) is 57.7 Å². The molecule has 2 rings (SSSR count). The molecule has 0 radical (unpaired) electrons. The maximum absolute atomic E-state index is 12.6. The highest BCUT2D eigenvalue weighted by Gasteiger charge is 2.30. The fourth-order valence-corrected chi connectivity index (χ4v) is 2.03. The van der Waals surface area contributed by atoms with Crippen molar-refractivity contribution < 1.29 is 13.2 Å². The number of benzene rings is 1. The Bertz CT molecular complexity index is 615. The van der Waals surface area contributed by atoms with Gasteiger partial charge in [0.25, 0.3) is 0 Å². The van der Waals surface area contributed by atoms with Crippen LogP contribution in [0, 0.1) is 0 Å². The van der Waals surface area contributed by atoms with Gasteiger partial charge in [-0.1, -0.05) is 35.3 Å². The molecule has 1 heterocycles. The van der Waals surface area contributed by atoms with Crippen molar-refractivity contribution in [1.29, 1.82) is 0 Å². The summed E-state index contributed by atoms with van der Waals surface area (Å²) in [5.74, 6) is 0.369. The number of rotatable bonds is 3. The average Bonchev–Trinajstić information content (AvgIpc) is 2.37. The van der Waals surface area contributed by atoms with Gasteiger partial charge in [0.1, 0.15) is 5.82 Å². The molecular weight excluding hydrogens is 312 g/mol. The molecule has 1 aromatic carbocycles. The zero-order chi connectivity index (χ0) is 14.8. The van der Waals surface area contributed by atoms with E-state index in [4.69, 9.17) is 23.2 Å². The number of pyridine rings is 1. The molecule has 0 aliphatic rings. The zero-order valence-corrected chi connectivity index (χ0v) is 11.5. The van der Waals surface area contributed by atoms with Crippen molar-refractivity contribution in [1.82, 2.24) is 4.98 Å². The second-order valence-electron chi connectivity index (χ2n) is 4.04. The van der Waals surface area contributed by atoms with Crippen LogP contribution in [-0.4, -0.2) is 4.98 Å². The predicted octanol–water partition coefficient (Wildman–Crippen LogP) is 5.02. The summed E-state index contributed by atoms with van der Waals surface area (Å²) < 4.78 is 37.7. The summed E-state index contributed by atoms with van der Waals surface area (Å²) in [6.07, 6.45) is -2.95. The van der Waals surface area contributed by atoms with E-state index >= 15 is 0 Å². The van der Waals surface area contributed by atoms with E-state index in [2.05, 4.69) is 10.3 Å². The Morgan fingerprint density at radius 2 is 1.90 bits per heavy atom. The molecule has 0 aliphatic heterocycles. The first-order valence-electron chi connectivity index (χ1n) is 5.57. The lowest BCUT2D eigenvalue weighted by atomic mass is 10.1. The maximum atomic E-state index is 12.6. The highest BCUT2D eigenvalue weighted by atomic mass is 35.5. The fraction of sp³-hybridized carbons (Fsp3) is 0.154. The number of hydrogen-bond acceptors (Lipinski definition) is 2. The summed E-state index contributed by atoms with van der Waals surface area (Å²) in [5.41, 5.74) is -0.209. The van der Waals surface area contributed by atoms with Crippen LogP contribution in [0.3, 0.4) is 0 Å². The molecule has 0 amide bonds. The van der Waals surface area contributed by atoms with Gasteiger partial charge >= 0.3 is 6.18 Å². The highest BCUT2D eigenvalue weighted by molar-refractivity contribution is 6.35. The topological polar surface area (TPSA) is 24.9 Å². The minimum atomic E-state index is -4.35. The lowest BCUT2D eigenvalue weighted by molar-refractivity contribution is -0.137. The Morgan fingerprint density at radius 1 is 1.15 bits per heavy atom. The largest absolute Gasteiger partial charge is 0.416 e. The molecule has 106 valence electrons. The summed E-state index contributed by atoms with van der Waals surface area (Å²) in [6.45, 7) is 0.179. The van der Waals surface area contributed by atoms with Crippen LogP contribution in [0.25, 0.3) is 0 Å². The normalized spacial score (nSPS) is 11.4. The minimum absolute atomic E-state index is 0.179. The number of nitrogens with one attached hydrogen (secondary N) is 1. The zero-order valence-electron chi connectivity index (χ0n) is 10.0. The van der Waals surface area contributed by atoms with E-state index in [1.165, 1.54) is 18.3 Å². The van der Waals surface area contributed by atoms with Crippen LogP contribution in [0.5, 0.6) is 0 Å². The third-order valence-electron chi connectivity index (χ3n) is 2.52. The lowest BCUT2D eigenvalue weighted by Gasteiger charge is -2.10. The minimum Gasteiger partial charge on any atom is -0.365 e. The summed E-state index contributed by atoms with van der Waals surface area (Å²) >= 11 is 11.6. The van der Waals surface area contributed by atoms with E-state index in [9.17, 15) is 13.2 Å². The van der Waals surface area contributed by atoms with E-state index in [0.717, 1.165) is 12.1 Å². The number of hydrogen-bond donors (Lipinski definition) is 1. The predicted molar refractivity (Wildman–Crippen MR) is 73.0 cm³/mol. The third-order valence-corrected chi connectivity index (χ3v) is 3.02. The molecule has 0 saturated carbocycles. The van der Waals surface area contributed by atoms with Gasteiger partial charge < -0.3 is 5.32 Å². The van der Waals surface area contributed by atoms with Crippen LogP contribution in [-0.2, 0) is 12.7 Å². The molecule has 0 atom stereocenters. The van der Waals surface area contributed by atoms with Crippen LogP contribution >= 0.6 is 23.2 Å². The molecule has 1 aromatic heterocycles. The molecule has 1 N–H and O–H groups in total. The van der Waals surface area contributed by atoms with E-state index in [-0.39, 0.29) is 6.54 Å². The molecule has 2 aromatic rings. The van der Waals surface area contributed by atoms with E-state index in [1.54, 1.807) is 6.07 Å². The standard InChI is InChI=1S/C13H9Cl2F3N2/c14-10-5-11(15)12(20-7-10)19-6-8-2-1-3-9(4-8)13(16,17)18/h1-5,7H,6H2,(H,19,20). The molecular formula is C13H9Cl2F3N2. The van der Waals surface area contributed by atoms with Crippen LogP contribution < -0.4 is 5.32 Å². The molecule has 0 unspecified atom stereocenters. The second kappa shape index (κ2) is 5.89. The smallest absolute Gasteiger partial charge is 0.365 e. The number of nitrogens with zero attached hydrogens (tertiary/aromatic N) is 1. The Labute approximate surface area is 123 Å². The number of halogens is 5. The van der Waals surface area contributed by atoms with Crippen molar-refractivity contribution in [3.8, 4) is 0 Å². The second-order valence-corrected chi connectivity index (χ2v) is 4.88. The first-order chi connectivity index (χ1) is 9.36. The molecule has 0 spiro atoms. The Balaban J connectivity index is 2.11. The van der Waals surface area contributed by atoms with Gasteiger partial charge in [0.05, 0.1) is 15.6 Å². The van der Waals surface area contributed by atoms with Gasteiger partial charge in [0.2, 0.25) is 0 Å². The number of anilines is 1. The molecule has 0 bridgehead atoms. The van der Waals surface area contributed by atoms with Crippen molar-refractivity contribution in [2.75, 3.05) is 5.32 Å². The molecule has 0 fully saturated rings. The number of aromatic nitrogens is 1. The SMILES string of the molecule is FC(F)(F)c1cccc(CNc2ncc(Cl)cc2Cl)c1. The van der Waals surface area contributed by atoms with Gasteiger partial charge in [0.15, 0.2) is 0 Å². The molecule has 0 saturated heterocycles. The van der Waals surface area contributed by atoms with Gasteiger partial charge in [-0.2, -0.15) is 13.2 Å². The van der Waals surface area contributed by atoms with Crippen LogP contribution in [0.1, 0.15) is 11.1 Å². The van der Waals surface area contributed by atoms with Gasteiger partial charge in [0, 0.05) is 12.7 Å². The summed E-state index contributed by atoms with van der Waals surface area (Å²) in [7, 11) is 0. The molecule has 2 nitrogen and oxygen atoms in total. The monoisotopic (exact) mass is 320 g/mol. The first-order valence-corrected chi connectivity index (χ1v) is 6.33. The summed E-state index contributed by atoms with van der Waals surface area (Å²) in [6, 6.07) is 6.56. The quantitative estimate of drug-likeness (QED) is 0.859. The highest BCUT2D eigenvalue weighted by Crippen LogP contribution is 2.30. The third kappa shape index (κ3) is 3.77. The average molecular weight is 321 g/mol. The van der Waals surface area contributed by atoms with Gasteiger partial charge in [-0.3, -0.25) is 0 Å². The molecule has 20 heavy (non-hydrogen) atoms. The molecule has 7 heteroatoms. The van der Waals surface area contributed by atoms with Gasteiger partial charge in [-0.05, 0) is 23.8 Å². The van der Waals surface area contributed by atoms with Crippen LogP contribution in [0.2, 0.25) is 10.0 Å². The Morgan fingerprint density at radius 3 is 2.55 bits per heavy atom. The van der Waals surface area contributed by atoms with E-state index in [0.29, 0.717) is 21.4 Å². The van der Waals surface area contributed by atoms with Crippen molar-refractivity contribution in [3.63, 3.8) is 0 Å². The summed E-state index contributed by atoms with van der Waals surface area (Å²) in [4.78, 5) is 3.97. The lowest BCUT2D eigenvalue weighted by Crippen LogP contribution is -2.07. The Kier molecular flexibility index (Phi) is 4.40. The van der Waals surface area contributed by atoms with Gasteiger partial charge in [-0.25, -0.2) is 4.98 Å². The summed E-state index contributed by atoms with van der Waals surface area (Å²) in [5, 5.41) is 3.56. The fourth-order valence-electron chi connectivity index (χ4n) is 1.59. The van der Waals surface area contributed by atoms with Gasteiger partial charge in [-0.15, -0.1) is 0 Å².